The van der Waals surface area contributed by atoms with E-state index in [1.165, 1.54) is 31.2 Å². The van der Waals surface area contributed by atoms with E-state index in [-0.39, 0.29) is 5.54 Å². The van der Waals surface area contributed by atoms with Gasteiger partial charge in [0.15, 0.2) is 0 Å². The summed E-state index contributed by atoms with van der Waals surface area (Å²) in [5.41, 5.74) is 1.97. The molecule has 0 amide bonds. The Balaban J connectivity index is 1.78. The Morgan fingerprint density at radius 1 is 1.40 bits per heavy atom. The molecule has 1 aliphatic carbocycles. The Morgan fingerprint density at radius 3 is 2.80 bits per heavy atom. The Morgan fingerprint density at radius 2 is 2.20 bits per heavy atom. The van der Waals surface area contributed by atoms with Crippen LogP contribution in [-0.2, 0) is 11.2 Å². The van der Waals surface area contributed by atoms with Gasteiger partial charge in [0.25, 0.3) is 0 Å². The van der Waals surface area contributed by atoms with Crippen molar-refractivity contribution < 1.29 is 4.74 Å². The van der Waals surface area contributed by atoms with Crippen molar-refractivity contribution in [1.29, 1.82) is 0 Å². The van der Waals surface area contributed by atoms with Crippen molar-refractivity contribution in [3.63, 3.8) is 0 Å². The smallest absolute Gasteiger partial charge is 0.0675 e. The van der Waals surface area contributed by atoms with E-state index in [1.807, 2.05) is 11.3 Å². The molecule has 1 saturated heterocycles. The van der Waals surface area contributed by atoms with Crippen LogP contribution in [-0.4, -0.2) is 24.8 Å². The maximum atomic E-state index is 6.17. The Bertz CT molecular complexity index is 432. The van der Waals surface area contributed by atoms with Gasteiger partial charge in [0.05, 0.1) is 6.10 Å². The molecule has 0 aromatic carbocycles. The van der Waals surface area contributed by atoms with Gasteiger partial charge in [-0.05, 0) is 74.8 Å². The van der Waals surface area contributed by atoms with Crippen molar-refractivity contribution in [3.8, 4) is 0 Å². The first-order valence-corrected chi connectivity index (χ1v) is 8.81. The molecule has 1 aromatic heterocycles. The maximum absolute atomic E-state index is 6.17. The van der Waals surface area contributed by atoms with Gasteiger partial charge in [-0.15, -0.1) is 0 Å². The molecule has 2 fully saturated rings. The third kappa shape index (κ3) is 3.26. The molecular weight excluding hydrogens is 266 g/mol. The zero-order valence-corrected chi connectivity index (χ0v) is 13.8. The molecule has 1 aromatic rings. The number of thiophene rings is 1. The lowest BCUT2D eigenvalue weighted by atomic mass is 9.74. The van der Waals surface area contributed by atoms with Crippen molar-refractivity contribution in [2.75, 3.05) is 13.2 Å². The van der Waals surface area contributed by atoms with Crippen LogP contribution in [0.5, 0.6) is 0 Å². The van der Waals surface area contributed by atoms with Crippen molar-refractivity contribution in [1.82, 2.24) is 5.32 Å². The molecule has 1 aliphatic heterocycles. The highest BCUT2D eigenvalue weighted by Crippen LogP contribution is 2.49. The van der Waals surface area contributed by atoms with E-state index in [4.69, 9.17) is 4.74 Å². The largest absolute Gasteiger partial charge is 0.377 e. The fraction of sp³-hybridized carbons (Fsp3) is 0.765. The van der Waals surface area contributed by atoms with Crippen LogP contribution >= 0.6 is 11.3 Å². The summed E-state index contributed by atoms with van der Waals surface area (Å²) in [5, 5.41) is 8.26. The number of hydrogen-bond acceptors (Lipinski definition) is 3. The van der Waals surface area contributed by atoms with Gasteiger partial charge in [-0.2, -0.15) is 11.3 Å². The SMILES string of the molecule is CC(C)(C)NCC1(Cc2ccsc2)CCOC1C1CC1. The Kier molecular flexibility index (Phi) is 3.95. The summed E-state index contributed by atoms with van der Waals surface area (Å²) in [5.74, 6) is 0.818. The molecule has 1 N–H and O–H groups in total. The van der Waals surface area contributed by atoms with Crippen LogP contribution in [0.2, 0.25) is 0 Å². The van der Waals surface area contributed by atoms with E-state index in [2.05, 4.69) is 42.9 Å². The normalized spacial score (nSPS) is 30.9. The van der Waals surface area contributed by atoms with Gasteiger partial charge in [-0.1, -0.05) is 0 Å². The van der Waals surface area contributed by atoms with Gasteiger partial charge in [0.2, 0.25) is 0 Å². The van der Waals surface area contributed by atoms with Crippen LogP contribution in [0.3, 0.4) is 0 Å². The first-order chi connectivity index (χ1) is 9.49. The van der Waals surface area contributed by atoms with Crippen LogP contribution in [0.15, 0.2) is 16.8 Å². The van der Waals surface area contributed by atoms with Crippen LogP contribution in [0.4, 0.5) is 0 Å². The lowest BCUT2D eigenvalue weighted by Crippen LogP contribution is -2.49. The number of rotatable bonds is 5. The van der Waals surface area contributed by atoms with E-state index in [1.54, 1.807) is 0 Å². The second-order valence-corrected chi connectivity index (χ2v) is 8.43. The monoisotopic (exact) mass is 293 g/mol. The van der Waals surface area contributed by atoms with E-state index in [0.717, 1.165) is 19.1 Å². The van der Waals surface area contributed by atoms with Crippen LogP contribution in [0, 0.1) is 11.3 Å². The molecule has 2 unspecified atom stereocenters. The van der Waals surface area contributed by atoms with Crippen molar-refractivity contribution in [2.45, 2.75) is 58.1 Å². The van der Waals surface area contributed by atoms with Crippen LogP contribution in [0.25, 0.3) is 0 Å². The zero-order valence-electron chi connectivity index (χ0n) is 12.9. The topological polar surface area (TPSA) is 21.3 Å². The molecule has 2 heterocycles. The summed E-state index contributed by atoms with van der Waals surface area (Å²) in [4.78, 5) is 0. The Labute approximate surface area is 126 Å². The number of ether oxygens (including phenoxy) is 1. The van der Waals surface area contributed by atoms with E-state index in [0.29, 0.717) is 11.5 Å². The standard InChI is InChI=1S/C17H27NOS/c1-16(2,3)18-12-17(10-13-6-9-20-11-13)7-8-19-15(17)14-4-5-14/h6,9,11,14-15,18H,4-5,7-8,10,12H2,1-3H3. The minimum Gasteiger partial charge on any atom is -0.377 e. The fourth-order valence-corrected chi connectivity index (χ4v) is 4.09. The molecule has 112 valence electrons. The quantitative estimate of drug-likeness (QED) is 0.890. The van der Waals surface area contributed by atoms with E-state index in [9.17, 15) is 0 Å². The molecule has 0 bridgehead atoms. The molecule has 20 heavy (non-hydrogen) atoms. The third-order valence-electron chi connectivity index (χ3n) is 4.66. The maximum Gasteiger partial charge on any atom is 0.0675 e. The summed E-state index contributed by atoms with van der Waals surface area (Å²) >= 11 is 1.81. The molecule has 3 rings (SSSR count). The number of hydrogen-bond donors (Lipinski definition) is 1. The predicted molar refractivity (Wildman–Crippen MR) is 85.3 cm³/mol. The molecule has 0 spiro atoms. The van der Waals surface area contributed by atoms with Crippen molar-refractivity contribution in [3.05, 3.63) is 22.4 Å². The lowest BCUT2D eigenvalue weighted by Gasteiger charge is -2.37. The van der Waals surface area contributed by atoms with E-state index < -0.39 is 0 Å². The average molecular weight is 293 g/mol. The molecule has 3 heteroatoms. The second-order valence-electron chi connectivity index (χ2n) is 7.65. The average Bonchev–Trinajstić information content (AvgIpc) is 2.93. The lowest BCUT2D eigenvalue weighted by molar-refractivity contribution is 0.0280. The highest BCUT2D eigenvalue weighted by atomic mass is 32.1. The van der Waals surface area contributed by atoms with Crippen LogP contribution in [0.1, 0.15) is 45.6 Å². The zero-order chi connectivity index (χ0) is 14.2. The molecule has 2 aliphatic rings. The molecule has 0 radical (unpaired) electrons. The first kappa shape index (κ1) is 14.6. The van der Waals surface area contributed by atoms with E-state index >= 15 is 0 Å². The van der Waals surface area contributed by atoms with Crippen LogP contribution < -0.4 is 5.32 Å². The van der Waals surface area contributed by atoms with Gasteiger partial charge < -0.3 is 10.1 Å². The van der Waals surface area contributed by atoms with Gasteiger partial charge in [0, 0.05) is 24.1 Å². The highest BCUT2D eigenvalue weighted by molar-refractivity contribution is 7.07. The summed E-state index contributed by atoms with van der Waals surface area (Å²) < 4.78 is 6.17. The van der Waals surface area contributed by atoms with Crippen molar-refractivity contribution >= 4 is 11.3 Å². The second kappa shape index (κ2) is 5.43. The third-order valence-corrected chi connectivity index (χ3v) is 5.39. The van der Waals surface area contributed by atoms with Gasteiger partial charge in [-0.25, -0.2) is 0 Å². The summed E-state index contributed by atoms with van der Waals surface area (Å²) in [7, 11) is 0. The highest BCUT2D eigenvalue weighted by Gasteiger charge is 2.50. The minimum absolute atomic E-state index is 0.179. The first-order valence-electron chi connectivity index (χ1n) is 7.86. The van der Waals surface area contributed by atoms with Gasteiger partial charge in [0.1, 0.15) is 0 Å². The van der Waals surface area contributed by atoms with Crippen molar-refractivity contribution in [2.24, 2.45) is 11.3 Å². The molecule has 2 nitrogen and oxygen atoms in total. The number of nitrogens with one attached hydrogen (secondary N) is 1. The van der Waals surface area contributed by atoms with Gasteiger partial charge >= 0.3 is 0 Å². The summed E-state index contributed by atoms with van der Waals surface area (Å²) in [6.07, 6.45) is 5.57. The molecule has 2 atom stereocenters. The Hall–Kier alpha value is -0.380. The van der Waals surface area contributed by atoms with Gasteiger partial charge in [-0.3, -0.25) is 0 Å². The fourth-order valence-electron chi connectivity index (χ4n) is 3.42. The molecular formula is C17H27NOS. The summed E-state index contributed by atoms with van der Waals surface area (Å²) in [6, 6.07) is 2.28. The summed E-state index contributed by atoms with van der Waals surface area (Å²) in [6.45, 7) is 8.79. The predicted octanol–water partition coefficient (Wildman–Crippen LogP) is 3.86. The minimum atomic E-state index is 0.179. The molecule has 1 saturated carbocycles.